The number of carbonyl (C=O) groups is 1. The van der Waals surface area contributed by atoms with Crippen LogP contribution in [-0.2, 0) is 10.0 Å². The second-order valence-corrected chi connectivity index (χ2v) is 7.77. The normalized spacial score (nSPS) is 11.7. The van der Waals surface area contributed by atoms with Gasteiger partial charge in [0.1, 0.15) is 5.75 Å². The molecule has 28 heavy (non-hydrogen) atoms. The maximum atomic E-state index is 12.4. The molecule has 0 heterocycles. The molecule has 0 fully saturated rings. The Morgan fingerprint density at radius 1 is 1.21 bits per heavy atom. The monoisotopic (exact) mass is 482 g/mol. The van der Waals surface area contributed by atoms with E-state index < -0.39 is 55.5 Å². The Hall–Kier alpha value is -2.67. The van der Waals surface area contributed by atoms with Gasteiger partial charge in [-0.25, -0.2) is 13.1 Å². The van der Waals surface area contributed by atoms with Gasteiger partial charge in [-0.2, -0.15) is 13.2 Å². The van der Waals surface area contributed by atoms with Crippen molar-refractivity contribution in [1.29, 1.82) is 0 Å². The van der Waals surface area contributed by atoms with Gasteiger partial charge in [-0.15, -0.1) is 0 Å². The number of nitro benzene ring substituents is 1. The minimum absolute atomic E-state index is 0.280. The predicted molar refractivity (Wildman–Crippen MR) is 93.4 cm³/mol. The summed E-state index contributed by atoms with van der Waals surface area (Å²) in [4.78, 5) is 21.6. The van der Waals surface area contributed by atoms with Crippen LogP contribution in [0.4, 0.5) is 18.9 Å². The second-order valence-electron chi connectivity index (χ2n) is 5.20. The Kier molecular flexibility index (Phi) is 6.29. The lowest BCUT2D eigenvalue weighted by molar-refractivity contribution is -0.387. The minimum Gasteiger partial charge on any atom is -0.483 e. The van der Waals surface area contributed by atoms with Crippen LogP contribution in [0.25, 0.3) is 0 Å². The third kappa shape index (κ3) is 5.42. The zero-order valence-corrected chi connectivity index (χ0v) is 16.0. The molecule has 1 N–H and O–H groups in total. The fourth-order valence-corrected chi connectivity index (χ4v) is 3.51. The molecule has 0 atom stereocenters. The predicted octanol–water partition coefficient (Wildman–Crippen LogP) is 3.42. The van der Waals surface area contributed by atoms with Crippen molar-refractivity contribution in [2.24, 2.45) is 0 Å². The van der Waals surface area contributed by atoms with E-state index >= 15 is 0 Å². The standard InChI is InChI=1S/C15H10BrF3N2O6S/c16-9-5-6-10(12(7-9)27-8-15(17,18)19)14(22)20-28(25,26)13-4-2-1-3-11(13)21(23)24/h1-7H,8H2,(H,20,22). The van der Waals surface area contributed by atoms with Crippen LogP contribution >= 0.6 is 15.9 Å². The smallest absolute Gasteiger partial charge is 0.422 e. The third-order valence-electron chi connectivity index (χ3n) is 3.16. The molecule has 0 saturated heterocycles. The first-order valence-electron chi connectivity index (χ1n) is 7.20. The van der Waals surface area contributed by atoms with Gasteiger partial charge >= 0.3 is 6.18 Å². The van der Waals surface area contributed by atoms with E-state index in [9.17, 15) is 36.5 Å². The number of nitro groups is 1. The summed E-state index contributed by atoms with van der Waals surface area (Å²) in [6.07, 6.45) is -4.69. The lowest BCUT2D eigenvalue weighted by Gasteiger charge is -2.14. The summed E-state index contributed by atoms with van der Waals surface area (Å²) >= 11 is 3.00. The molecule has 13 heteroatoms. The van der Waals surface area contributed by atoms with E-state index in [1.165, 1.54) is 18.2 Å². The van der Waals surface area contributed by atoms with Crippen LogP contribution in [0.5, 0.6) is 5.75 Å². The van der Waals surface area contributed by atoms with Gasteiger partial charge in [-0.3, -0.25) is 14.9 Å². The van der Waals surface area contributed by atoms with Crippen molar-refractivity contribution in [2.75, 3.05) is 6.61 Å². The lowest BCUT2D eigenvalue weighted by atomic mass is 10.2. The number of hydrogen-bond donors (Lipinski definition) is 1. The summed E-state index contributed by atoms with van der Waals surface area (Å²) in [5.74, 6) is -1.84. The number of carbonyl (C=O) groups excluding carboxylic acids is 1. The van der Waals surface area contributed by atoms with Crippen LogP contribution in [0.1, 0.15) is 10.4 Å². The first-order chi connectivity index (χ1) is 12.9. The number of nitrogens with one attached hydrogen (secondary N) is 1. The Morgan fingerprint density at radius 3 is 2.46 bits per heavy atom. The van der Waals surface area contributed by atoms with Gasteiger partial charge in [0.05, 0.1) is 10.5 Å². The molecule has 0 aliphatic carbocycles. The molecule has 0 bridgehead atoms. The summed E-state index contributed by atoms with van der Waals surface area (Å²) in [5, 5.41) is 11.0. The van der Waals surface area contributed by atoms with Crippen molar-refractivity contribution in [3.63, 3.8) is 0 Å². The van der Waals surface area contributed by atoms with E-state index in [1.807, 2.05) is 0 Å². The number of sulfonamides is 1. The lowest BCUT2D eigenvalue weighted by Crippen LogP contribution is -2.31. The molecule has 2 aromatic carbocycles. The van der Waals surface area contributed by atoms with Gasteiger partial charge in [0.15, 0.2) is 11.5 Å². The van der Waals surface area contributed by atoms with Crippen molar-refractivity contribution < 1.29 is 36.0 Å². The van der Waals surface area contributed by atoms with Crippen LogP contribution < -0.4 is 9.46 Å². The highest BCUT2D eigenvalue weighted by Crippen LogP contribution is 2.27. The molecule has 1 amide bonds. The van der Waals surface area contributed by atoms with Gasteiger partial charge < -0.3 is 4.74 Å². The molecular formula is C15H10BrF3N2O6S. The zero-order chi connectivity index (χ0) is 21.1. The van der Waals surface area contributed by atoms with E-state index in [2.05, 4.69) is 20.7 Å². The van der Waals surface area contributed by atoms with Crippen molar-refractivity contribution >= 4 is 37.5 Å². The topological polar surface area (TPSA) is 116 Å². The molecule has 2 aromatic rings. The maximum absolute atomic E-state index is 12.4. The molecule has 0 spiro atoms. The minimum atomic E-state index is -4.69. The number of halogens is 4. The number of para-hydroxylation sites is 1. The van der Waals surface area contributed by atoms with E-state index in [1.54, 1.807) is 4.72 Å². The summed E-state index contributed by atoms with van der Waals surface area (Å²) < 4.78 is 68.4. The Morgan fingerprint density at radius 2 is 1.86 bits per heavy atom. The Labute approximate surface area is 164 Å². The summed E-state index contributed by atoms with van der Waals surface area (Å²) in [6.45, 7) is -1.71. The summed E-state index contributed by atoms with van der Waals surface area (Å²) in [6, 6.07) is 7.67. The second kappa shape index (κ2) is 8.14. The molecular weight excluding hydrogens is 473 g/mol. The number of amides is 1. The number of rotatable bonds is 6. The van der Waals surface area contributed by atoms with Crippen LogP contribution in [-0.4, -0.2) is 32.0 Å². The average molecular weight is 483 g/mol. The quantitative estimate of drug-likeness (QED) is 0.498. The highest BCUT2D eigenvalue weighted by Gasteiger charge is 2.31. The largest absolute Gasteiger partial charge is 0.483 e. The molecule has 0 aromatic heterocycles. The first-order valence-corrected chi connectivity index (χ1v) is 9.48. The highest BCUT2D eigenvalue weighted by atomic mass is 79.9. The third-order valence-corrected chi connectivity index (χ3v) is 5.03. The van der Waals surface area contributed by atoms with E-state index in [4.69, 9.17) is 0 Å². The molecule has 0 aliphatic heterocycles. The number of nitrogens with zero attached hydrogens (tertiary/aromatic N) is 1. The highest BCUT2D eigenvalue weighted by molar-refractivity contribution is 9.10. The molecule has 2 rings (SSSR count). The van der Waals surface area contributed by atoms with Gasteiger partial charge in [0.2, 0.25) is 0 Å². The molecule has 8 nitrogen and oxygen atoms in total. The van der Waals surface area contributed by atoms with Crippen LogP contribution in [0.2, 0.25) is 0 Å². The van der Waals surface area contributed by atoms with Gasteiger partial charge in [0.25, 0.3) is 21.6 Å². The zero-order valence-electron chi connectivity index (χ0n) is 13.6. The Bertz CT molecular complexity index is 1030. The Balaban J connectivity index is 2.36. The number of benzene rings is 2. The van der Waals surface area contributed by atoms with Crippen molar-refractivity contribution in [3.05, 3.63) is 62.6 Å². The number of ether oxygens (including phenoxy) is 1. The fraction of sp³-hybridized carbons (Fsp3) is 0.133. The van der Waals surface area contributed by atoms with Crippen molar-refractivity contribution in [3.8, 4) is 5.75 Å². The molecule has 0 aliphatic rings. The summed E-state index contributed by atoms with van der Waals surface area (Å²) in [7, 11) is -4.68. The van der Waals surface area contributed by atoms with Crippen LogP contribution in [0, 0.1) is 10.1 Å². The molecule has 0 radical (unpaired) electrons. The van der Waals surface area contributed by atoms with Crippen molar-refractivity contribution in [2.45, 2.75) is 11.1 Å². The van der Waals surface area contributed by atoms with Crippen molar-refractivity contribution in [1.82, 2.24) is 4.72 Å². The van der Waals surface area contributed by atoms with Gasteiger partial charge in [-0.05, 0) is 24.3 Å². The number of hydrogen-bond acceptors (Lipinski definition) is 6. The average Bonchev–Trinajstić information content (AvgIpc) is 2.59. The molecule has 0 saturated carbocycles. The van der Waals surface area contributed by atoms with E-state index in [0.29, 0.717) is 0 Å². The molecule has 0 unspecified atom stereocenters. The maximum Gasteiger partial charge on any atom is 0.422 e. The first kappa shape index (κ1) is 21.6. The van der Waals surface area contributed by atoms with Gasteiger partial charge in [-0.1, -0.05) is 28.1 Å². The van der Waals surface area contributed by atoms with E-state index in [-0.39, 0.29) is 4.47 Å². The van der Waals surface area contributed by atoms with Gasteiger partial charge in [0, 0.05) is 10.5 Å². The van der Waals surface area contributed by atoms with Crippen LogP contribution in [0.15, 0.2) is 51.8 Å². The number of alkyl halides is 3. The fourth-order valence-electron chi connectivity index (χ4n) is 2.03. The molecule has 150 valence electrons. The van der Waals surface area contributed by atoms with Crippen LogP contribution in [0.3, 0.4) is 0 Å². The summed E-state index contributed by atoms with van der Waals surface area (Å²) in [5.41, 5.74) is -1.28. The van der Waals surface area contributed by atoms with E-state index in [0.717, 1.165) is 24.3 Å². The SMILES string of the molecule is O=C(NS(=O)(=O)c1ccccc1[N+](=O)[O-])c1ccc(Br)cc1OCC(F)(F)F.